The highest BCUT2D eigenvalue weighted by atomic mass is 19.1. The molecule has 0 aliphatic carbocycles. The molecule has 0 saturated carbocycles. The highest BCUT2D eigenvalue weighted by Gasteiger charge is 2.23. The number of anilines is 1. The molecule has 0 spiro atoms. The van der Waals surface area contributed by atoms with E-state index in [1.807, 2.05) is 6.07 Å². The average Bonchev–Trinajstić information content (AvgIpc) is 2.90. The highest BCUT2D eigenvalue weighted by molar-refractivity contribution is 6.09. The molecule has 0 atom stereocenters. The summed E-state index contributed by atoms with van der Waals surface area (Å²) in [4.78, 5) is 28.0. The Morgan fingerprint density at radius 3 is 2.33 bits per heavy atom. The van der Waals surface area contributed by atoms with E-state index in [1.54, 1.807) is 61.7 Å². The average molecular weight is 492 g/mol. The maximum absolute atomic E-state index is 14.0. The molecule has 0 aromatic heterocycles. The number of halogens is 1. The molecular weight excluding hydrogens is 461 g/mol. The number of likely N-dealkylation sites (tertiary alicyclic amines) is 1. The van der Waals surface area contributed by atoms with E-state index in [-0.39, 0.29) is 29.4 Å². The lowest BCUT2D eigenvalue weighted by atomic mass is 10.0. The Morgan fingerprint density at radius 2 is 1.67 bits per heavy atom. The summed E-state index contributed by atoms with van der Waals surface area (Å²) in [5, 5.41) is 5.94. The van der Waals surface area contributed by atoms with Gasteiger partial charge in [-0.1, -0.05) is 18.2 Å². The smallest absolute Gasteiger partial charge is 0.255 e. The Bertz CT molecular complexity index is 1210. The van der Waals surface area contributed by atoms with Gasteiger partial charge in [0, 0.05) is 31.2 Å². The van der Waals surface area contributed by atoms with Gasteiger partial charge in [0.05, 0.1) is 25.5 Å². The first-order valence-corrected chi connectivity index (χ1v) is 11.9. The summed E-state index contributed by atoms with van der Waals surface area (Å²) >= 11 is 0. The van der Waals surface area contributed by atoms with E-state index < -0.39 is 0 Å². The van der Waals surface area contributed by atoms with Crippen LogP contribution in [0.2, 0.25) is 0 Å². The van der Waals surface area contributed by atoms with Crippen LogP contribution in [0.1, 0.15) is 39.1 Å². The fourth-order valence-electron chi connectivity index (χ4n) is 4.29. The number of benzene rings is 3. The molecule has 2 N–H and O–H groups in total. The van der Waals surface area contributed by atoms with Crippen molar-refractivity contribution < 1.29 is 23.5 Å². The first-order valence-electron chi connectivity index (χ1n) is 11.9. The zero-order chi connectivity index (χ0) is 25.5. The zero-order valence-electron chi connectivity index (χ0n) is 20.4. The van der Waals surface area contributed by atoms with Crippen LogP contribution in [-0.4, -0.2) is 50.1 Å². The number of rotatable bonds is 8. The number of nitrogens with one attached hydrogen (secondary N) is 2. The second kappa shape index (κ2) is 11.7. The Kier molecular flexibility index (Phi) is 8.17. The van der Waals surface area contributed by atoms with Crippen molar-refractivity contribution in [1.29, 1.82) is 0 Å². The van der Waals surface area contributed by atoms with Gasteiger partial charge < -0.3 is 20.1 Å². The number of piperidine rings is 1. The third-order valence-corrected chi connectivity index (χ3v) is 6.32. The van der Waals surface area contributed by atoms with Crippen LogP contribution >= 0.6 is 0 Å². The van der Waals surface area contributed by atoms with E-state index in [0.29, 0.717) is 29.1 Å². The van der Waals surface area contributed by atoms with Gasteiger partial charge in [-0.3, -0.25) is 14.5 Å². The van der Waals surface area contributed by atoms with Gasteiger partial charge >= 0.3 is 0 Å². The van der Waals surface area contributed by atoms with Crippen molar-refractivity contribution >= 4 is 17.5 Å². The number of methoxy groups -OCH3 is 2. The fraction of sp³-hybridized carbons (Fsp3) is 0.286. The van der Waals surface area contributed by atoms with Crippen LogP contribution in [0.25, 0.3) is 0 Å². The number of ether oxygens (including phenoxy) is 2. The van der Waals surface area contributed by atoms with Crippen molar-refractivity contribution in [3.05, 3.63) is 89.2 Å². The molecule has 1 fully saturated rings. The van der Waals surface area contributed by atoms with Gasteiger partial charge in [0.1, 0.15) is 5.75 Å². The third kappa shape index (κ3) is 6.20. The monoisotopic (exact) mass is 491 g/mol. The van der Waals surface area contributed by atoms with E-state index in [9.17, 15) is 14.0 Å². The van der Waals surface area contributed by atoms with Crippen molar-refractivity contribution in [3.8, 4) is 11.5 Å². The summed E-state index contributed by atoms with van der Waals surface area (Å²) in [7, 11) is 3.01. The van der Waals surface area contributed by atoms with Gasteiger partial charge in [0.2, 0.25) is 0 Å². The standard InChI is InChI=1S/C28H30FN3O4/c1-35-22-10-8-20(9-11-22)27(33)31-25-6-4-3-5-23(25)28(34)30-21-13-15-32(16-14-21)18-19-7-12-26(36-2)24(29)17-19/h3-12,17,21H,13-16,18H2,1-2H3,(H,30,34)(H,31,33). The number of carbonyl (C=O) groups is 2. The van der Waals surface area contributed by atoms with Crippen LogP contribution in [0.4, 0.5) is 10.1 Å². The second-order valence-corrected chi connectivity index (χ2v) is 8.72. The minimum Gasteiger partial charge on any atom is -0.497 e. The molecule has 0 radical (unpaired) electrons. The van der Waals surface area contributed by atoms with E-state index in [2.05, 4.69) is 15.5 Å². The van der Waals surface area contributed by atoms with Gasteiger partial charge in [-0.2, -0.15) is 0 Å². The first kappa shape index (κ1) is 25.2. The van der Waals surface area contributed by atoms with Crippen LogP contribution in [0.15, 0.2) is 66.7 Å². The Hall–Kier alpha value is -3.91. The molecule has 8 heteroatoms. The Labute approximate surface area is 210 Å². The van der Waals surface area contributed by atoms with Crippen LogP contribution in [0.5, 0.6) is 11.5 Å². The van der Waals surface area contributed by atoms with E-state index in [1.165, 1.54) is 13.2 Å². The lowest BCUT2D eigenvalue weighted by Gasteiger charge is -2.32. The van der Waals surface area contributed by atoms with Crippen molar-refractivity contribution in [3.63, 3.8) is 0 Å². The maximum atomic E-state index is 14.0. The molecule has 2 amide bonds. The highest BCUT2D eigenvalue weighted by Crippen LogP contribution is 2.22. The van der Waals surface area contributed by atoms with Crippen molar-refractivity contribution in [2.75, 3.05) is 32.6 Å². The minimum atomic E-state index is -0.366. The van der Waals surface area contributed by atoms with Crippen LogP contribution in [0.3, 0.4) is 0 Å². The van der Waals surface area contributed by atoms with Crippen LogP contribution < -0.4 is 20.1 Å². The molecule has 1 saturated heterocycles. The summed E-state index contributed by atoms with van der Waals surface area (Å²) in [6.45, 7) is 2.21. The lowest BCUT2D eigenvalue weighted by Crippen LogP contribution is -2.44. The van der Waals surface area contributed by atoms with Crippen molar-refractivity contribution in [2.45, 2.75) is 25.4 Å². The summed E-state index contributed by atoms with van der Waals surface area (Å²) in [6, 6.07) is 18.8. The van der Waals surface area contributed by atoms with Gasteiger partial charge in [-0.05, 0) is 66.9 Å². The number of nitrogens with zero attached hydrogens (tertiary/aromatic N) is 1. The van der Waals surface area contributed by atoms with Gasteiger partial charge in [-0.25, -0.2) is 4.39 Å². The van der Waals surface area contributed by atoms with Crippen LogP contribution in [0, 0.1) is 5.82 Å². The number of amides is 2. The number of hydrogen-bond donors (Lipinski definition) is 2. The molecule has 3 aromatic rings. The maximum Gasteiger partial charge on any atom is 0.255 e. The second-order valence-electron chi connectivity index (χ2n) is 8.72. The molecule has 7 nitrogen and oxygen atoms in total. The quantitative estimate of drug-likeness (QED) is 0.486. The van der Waals surface area contributed by atoms with Gasteiger partial charge in [0.15, 0.2) is 11.6 Å². The molecule has 0 bridgehead atoms. The predicted octanol–water partition coefficient (Wildman–Crippen LogP) is 4.49. The molecule has 36 heavy (non-hydrogen) atoms. The van der Waals surface area contributed by atoms with Crippen molar-refractivity contribution in [2.24, 2.45) is 0 Å². The van der Waals surface area contributed by atoms with E-state index in [0.717, 1.165) is 31.5 Å². The number of para-hydroxylation sites is 1. The molecule has 188 valence electrons. The summed E-state index contributed by atoms with van der Waals surface area (Å²) in [5.74, 6) is 0.00145. The first-order chi connectivity index (χ1) is 17.5. The summed E-state index contributed by atoms with van der Waals surface area (Å²) in [6.07, 6.45) is 1.56. The molecular formula is C28H30FN3O4. The lowest BCUT2D eigenvalue weighted by molar-refractivity contribution is 0.0909. The minimum absolute atomic E-state index is 0.0201. The molecule has 1 aliphatic heterocycles. The summed E-state index contributed by atoms with van der Waals surface area (Å²) < 4.78 is 24.1. The molecule has 0 unspecified atom stereocenters. The van der Waals surface area contributed by atoms with E-state index in [4.69, 9.17) is 9.47 Å². The summed E-state index contributed by atoms with van der Waals surface area (Å²) in [5.41, 5.74) is 2.22. The van der Waals surface area contributed by atoms with Crippen molar-refractivity contribution in [1.82, 2.24) is 10.2 Å². The largest absolute Gasteiger partial charge is 0.497 e. The number of hydrogen-bond acceptors (Lipinski definition) is 5. The van der Waals surface area contributed by atoms with E-state index >= 15 is 0 Å². The van der Waals surface area contributed by atoms with Crippen LogP contribution in [-0.2, 0) is 6.54 Å². The van der Waals surface area contributed by atoms with Gasteiger partial charge in [-0.15, -0.1) is 0 Å². The molecule has 1 heterocycles. The molecule has 4 rings (SSSR count). The topological polar surface area (TPSA) is 79.9 Å². The normalized spacial score (nSPS) is 14.2. The fourth-order valence-corrected chi connectivity index (χ4v) is 4.29. The number of carbonyl (C=O) groups excluding carboxylic acids is 2. The Balaban J connectivity index is 1.32. The molecule has 3 aromatic carbocycles. The predicted molar refractivity (Wildman–Crippen MR) is 136 cm³/mol. The van der Waals surface area contributed by atoms with Gasteiger partial charge in [0.25, 0.3) is 11.8 Å². The SMILES string of the molecule is COc1ccc(C(=O)Nc2ccccc2C(=O)NC2CCN(Cc3ccc(OC)c(F)c3)CC2)cc1. The third-order valence-electron chi connectivity index (χ3n) is 6.32. The zero-order valence-corrected chi connectivity index (χ0v) is 20.4. The molecule has 1 aliphatic rings. The Morgan fingerprint density at radius 1 is 0.944 bits per heavy atom.